The second kappa shape index (κ2) is 6.64. The number of nitrogens with zero attached hydrogens (tertiary/aromatic N) is 5. The molecule has 0 atom stereocenters. The average Bonchev–Trinajstić information content (AvgIpc) is 2.97. The van der Waals surface area contributed by atoms with E-state index in [-0.39, 0.29) is 24.0 Å². The smallest absolute Gasteiger partial charge is 0.284 e. The number of carbonyl (C=O) groups excluding carboxylic acids is 1. The Hall–Kier alpha value is -2.74. The molecule has 1 N–H and O–H groups in total. The van der Waals surface area contributed by atoms with Crippen LogP contribution in [-0.2, 0) is 11.3 Å². The number of hydrogen-bond donors (Lipinski definition) is 1. The lowest BCUT2D eigenvalue weighted by atomic mass is 10.2. The van der Waals surface area contributed by atoms with Gasteiger partial charge in [0.25, 0.3) is 5.56 Å². The number of fused-ring (bicyclic) bond motifs is 1. The molecule has 9 heteroatoms. The summed E-state index contributed by atoms with van der Waals surface area (Å²) in [5, 5.41) is 11.2. The summed E-state index contributed by atoms with van der Waals surface area (Å²) in [6.07, 6.45) is 1.32. The molecule has 0 aliphatic rings. The molecule has 0 spiro atoms. The van der Waals surface area contributed by atoms with Crippen molar-refractivity contribution in [2.24, 2.45) is 0 Å². The number of hydrogen-bond acceptors (Lipinski definition) is 5. The highest BCUT2D eigenvalue weighted by atomic mass is 35.5. The van der Waals surface area contributed by atoms with E-state index in [1.54, 1.807) is 6.07 Å². The van der Waals surface area contributed by atoms with E-state index in [0.717, 1.165) is 5.56 Å². The first-order valence-corrected chi connectivity index (χ1v) is 8.11. The molecule has 0 aliphatic heterocycles. The SMILES string of the molecule is Cc1ccc(-n2nnc3c(=O)n(CC(=O)NC(C)C)cnc32)cc1Cl. The number of rotatable bonds is 4. The second-order valence-corrected chi connectivity index (χ2v) is 6.41. The number of amides is 1. The Balaban J connectivity index is 2.00. The zero-order valence-electron chi connectivity index (χ0n) is 14.0. The van der Waals surface area contributed by atoms with Gasteiger partial charge in [-0.1, -0.05) is 22.9 Å². The molecule has 0 saturated heterocycles. The summed E-state index contributed by atoms with van der Waals surface area (Å²) in [5.74, 6) is -0.268. The molecule has 25 heavy (non-hydrogen) atoms. The monoisotopic (exact) mass is 360 g/mol. The lowest BCUT2D eigenvalue weighted by Crippen LogP contribution is -2.36. The van der Waals surface area contributed by atoms with Gasteiger partial charge in [0.2, 0.25) is 5.91 Å². The quantitative estimate of drug-likeness (QED) is 0.760. The predicted molar refractivity (Wildman–Crippen MR) is 93.9 cm³/mol. The minimum absolute atomic E-state index is 0.00736. The molecular weight excluding hydrogens is 344 g/mol. The van der Waals surface area contributed by atoms with Crippen molar-refractivity contribution in [2.45, 2.75) is 33.4 Å². The standard InChI is InChI=1S/C16H17ClN6O2/c1-9(2)19-13(24)7-22-8-18-15-14(16(22)25)20-21-23(15)11-5-4-10(3)12(17)6-11/h4-6,8-9H,7H2,1-3H3,(H,19,24). The number of aromatic nitrogens is 5. The molecule has 0 fully saturated rings. The lowest BCUT2D eigenvalue weighted by Gasteiger charge is -2.09. The van der Waals surface area contributed by atoms with Gasteiger partial charge in [-0.3, -0.25) is 14.2 Å². The van der Waals surface area contributed by atoms with Gasteiger partial charge in [-0.05, 0) is 38.5 Å². The Kier molecular flexibility index (Phi) is 4.54. The van der Waals surface area contributed by atoms with E-state index in [1.807, 2.05) is 32.9 Å². The van der Waals surface area contributed by atoms with E-state index in [0.29, 0.717) is 16.4 Å². The fourth-order valence-electron chi connectivity index (χ4n) is 2.37. The van der Waals surface area contributed by atoms with Gasteiger partial charge in [-0.15, -0.1) is 5.10 Å². The van der Waals surface area contributed by atoms with E-state index in [2.05, 4.69) is 20.6 Å². The van der Waals surface area contributed by atoms with Gasteiger partial charge in [0, 0.05) is 11.1 Å². The first-order valence-electron chi connectivity index (χ1n) is 7.73. The largest absolute Gasteiger partial charge is 0.352 e. The summed E-state index contributed by atoms with van der Waals surface area (Å²) in [6.45, 7) is 5.47. The van der Waals surface area contributed by atoms with Gasteiger partial charge in [-0.2, -0.15) is 4.68 Å². The summed E-state index contributed by atoms with van der Waals surface area (Å²) in [6, 6.07) is 5.39. The van der Waals surface area contributed by atoms with Crippen LogP contribution < -0.4 is 10.9 Å². The van der Waals surface area contributed by atoms with Crippen LogP contribution in [0.5, 0.6) is 0 Å². The van der Waals surface area contributed by atoms with E-state index in [1.165, 1.54) is 15.6 Å². The third-order valence-corrected chi connectivity index (χ3v) is 4.00. The zero-order chi connectivity index (χ0) is 18.1. The number of aryl methyl sites for hydroxylation is 1. The molecule has 1 aromatic carbocycles. The van der Waals surface area contributed by atoms with Crippen molar-refractivity contribution in [2.75, 3.05) is 0 Å². The number of halogens is 1. The summed E-state index contributed by atoms with van der Waals surface area (Å²) in [5.41, 5.74) is 1.57. The van der Waals surface area contributed by atoms with Crippen LogP contribution in [0.2, 0.25) is 5.02 Å². The summed E-state index contributed by atoms with van der Waals surface area (Å²) in [4.78, 5) is 28.6. The van der Waals surface area contributed by atoms with Crippen molar-refractivity contribution in [3.8, 4) is 5.69 Å². The van der Waals surface area contributed by atoms with Gasteiger partial charge in [-0.25, -0.2) is 4.98 Å². The number of carbonyl (C=O) groups is 1. The molecule has 0 bridgehead atoms. The Morgan fingerprint density at radius 3 is 2.80 bits per heavy atom. The van der Waals surface area contributed by atoms with Crippen molar-refractivity contribution < 1.29 is 4.79 Å². The topological polar surface area (TPSA) is 94.7 Å². The van der Waals surface area contributed by atoms with Crippen molar-refractivity contribution in [3.63, 3.8) is 0 Å². The van der Waals surface area contributed by atoms with Gasteiger partial charge in [0.05, 0.1) is 5.69 Å². The maximum atomic E-state index is 12.5. The number of benzene rings is 1. The molecular formula is C16H17ClN6O2. The van der Waals surface area contributed by atoms with E-state index in [4.69, 9.17) is 11.6 Å². The maximum absolute atomic E-state index is 12.5. The minimum atomic E-state index is -0.423. The highest BCUT2D eigenvalue weighted by molar-refractivity contribution is 6.31. The third-order valence-electron chi connectivity index (χ3n) is 3.59. The summed E-state index contributed by atoms with van der Waals surface area (Å²) >= 11 is 6.14. The van der Waals surface area contributed by atoms with Crippen LogP contribution in [0.15, 0.2) is 29.3 Å². The molecule has 0 radical (unpaired) electrons. The molecule has 2 heterocycles. The molecule has 2 aromatic heterocycles. The first kappa shape index (κ1) is 17.1. The molecule has 0 saturated carbocycles. The van der Waals surface area contributed by atoms with E-state index >= 15 is 0 Å². The maximum Gasteiger partial charge on any atom is 0.284 e. The van der Waals surface area contributed by atoms with Crippen LogP contribution in [0.4, 0.5) is 0 Å². The molecule has 3 rings (SSSR count). The second-order valence-electron chi connectivity index (χ2n) is 6.01. The van der Waals surface area contributed by atoms with Crippen LogP contribution in [0, 0.1) is 6.92 Å². The molecule has 3 aromatic rings. The van der Waals surface area contributed by atoms with E-state index < -0.39 is 5.56 Å². The van der Waals surface area contributed by atoms with Crippen molar-refractivity contribution in [1.29, 1.82) is 0 Å². The van der Waals surface area contributed by atoms with Crippen LogP contribution in [-0.4, -0.2) is 36.5 Å². The Morgan fingerprint density at radius 2 is 2.12 bits per heavy atom. The average molecular weight is 361 g/mol. The Bertz CT molecular complexity index is 1010. The Labute approximate surface area is 148 Å². The van der Waals surface area contributed by atoms with Crippen LogP contribution in [0.1, 0.15) is 19.4 Å². The molecule has 130 valence electrons. The molecule has 8 nitrogen and oxygen atoms in total. The minimum Gasteiger partial charge on any atom is -0.352 e. The molecule has 1 amide bonds. The fraction of sp³-hybridized carbons (Fsp3) is 0.312. The predicted octanol–water partition coefficient (Wildman–Crippen LogP) is 1.46. The van der Waals surface area contributed by atoms with Gasteiger partial charge in [0.1, 0.15) is 12.9 Å². The van der Waals surface area contributed by atoms with Crippen LogP contribution in [0.25, 0.3) is 16.9 Å². The van der Waals surface area contributed by atoms with Crippen LogP contribution in [0.3, 0.4) is 0 Å². The lowest BCUT2D eigenvalue weighted by molar-refractivity contribution is -0.122. The van der Waals surface area contributed by atoms with Crippen molar-refractivity contribution in [3.05, 3.63) is 45.5 Å². The molecule has 0 aliphatic carbocycles. The van der Waals surface area contributed by atoms with E-state index in [9.17, 15) is 9.59 Å². The highest BCUT2D eigenvalue weighted by Gasteiger charge is 2.15. The summed E-state index contributed by atoms with van der Waals surface area (Å²) in [7, 11) is 0. The normalized spacial score (nSPS) is 11.2. The van der Waals surface area contributed by atoms with Gasteiger partial charge < -0.3 is 5.32 Å². The zero-order valence-corrected chi connectivity index (χ0v) is 14.8. The summed E-state index contributed by atoms with van der Waals surface area (Å²) < 4.78 is 2.65. The Morgan fingerprint density at radius 1 is 1.36 bits per heavy atom. The van der Waals surface area contributed by atoms with Crippen molar-refractivity contribution >= 4 is 28.7 Å². The number of nitrogens with one attached hydrogen (secondary N) is 1. The third kappa shape index (κ3) is 3.39. The molecule has 0 unspecified atom stereocenters. The fourth-order valence-corrected chi connectivity index (χ4v) is 2.54. The van der Waals surface area contributed by atoms with Gasteiger partial charge >= 0.3 is 0 Å². The van der Waals surface area contributed by atoms with Crippen LogP contribution >= 0.6 is 11.6 Å². The highest BCUT2D eigenvalue weighted by Crippen LogP contribution is 2.20. The van der Waals surface area contributed by atoms with Gasteiger partial charge in [0.15, 0.2) is 11.2 Å². The van der Waals surface area contributed by atoms with Crippen molar-refractivity contribution in [1.82, 2.24) is 29.9 Å². The first-order chi connectivity index (χ1) is 11.9.